The number of benzene rings is 2. The highest BCUT2D eigenvalue weighted by Crippen LogP contribution is 2.41. The Morgan fingerprint density at radius 1 is 0.829 bits per heavy atom. The molecule has 1 saturated carbocycles. The zero-order valence-electron chi connectivity index (χ0n) is 39.0. The number of carbonyl (C=O) groups excluding carboxylic acids is 3. The zero-order chi connectivity index (χ0) is 50.0. The maximum atomic E-state index is 15.3. The van der Waals surface area contributed by atoms with E-state index in [0.29, 0.717) is 43.2 Å². The van der Waals surface area contributed by atoms with Crippen LogP contribution in [-0.4, -0.2) is 141 Å². The summed E-state index contributed by atoms with van der Waals surface area (Å²) in [7, 11) is 0. The number of nitrogens with zero attached hydrogens (tertiary/aromatic N) is 5. The largest absolute Gasteiger partial charge is 0.508 e. The Balaban J connectivity index is 1.14. The van der Waals surface area contributed by atoms with Crippen molar-refractivity contribution in [2.24, 2.45) is 0 Å². The first-order valence-electron chi connectivity index (χ1n) is 23.0. The third kappa shape index (κ3) is 15.3. The number of hydrogen-bond donors (Lipinski definition) is 0. The van der Waals surface area contributed by atoms with Crippen molar-refractivity contribution in [2.45, 2.75) is 83.5 Å². The minimum atomic E-state index is -0.925. The van der Waals surface area contributed by atoms with Crippen molar-refractivity contribution >= 4 is 35.3 Å². The molecule has 1 saturated heterocycles. The third-order valence-corrected chi connectivity index (χ3v) is 12.3. The number of ether oxygens (including phenoxy) is 7. The molecule has 70 heavy (non-hydrogen) atoms. The van der Waals surface area contributed by atoms with E-state index < -0.39 is 40.3 Å². The van der Waals surface area contributed by atoms with Crippen molar-refractivity contribution in [1.29, 1.82) is 0 Å². The number of rotatable bonds is 28. The minimum absolute atomic E-state index is 0.0114. The average Bonchev–Trinajstić information content (AvgIpc) is 4.18. The molecule has 1 aromatic heterocycles. The van der Waals surface area contributed by atoms with E-state index in [1.165, 1.54) is 6.07 Å². The second-order valence-corrected chi connectivity index (χ2v) is 17.0. The molecule has 23 heteroatoms. The molecule has 6 rings (SSSR count). The van der Waals surface area contributed by atoms with Gasteiger partial charge in [-0.15, -0.1) is 20.2 Å². The molecule has 2 fully saturated rings. The molecule has 2 aliphatic heterocycles. The molecular weight excluding hydrogens is 945 g/mol. The number of pyridine rings is 1. The fourth-order valence-corrected chi connectivity index (χ4v) is 8.34. The molecule has 21 nitrogen and oxygen atoms in total. The van der Waals surface area contributed by atoms with Crippen LogP contribution in [0.2, 0.25) is 5.02 Å². The standard InChI is InChI=1S/C47H57ClFN5O16/c1-31-7-14-39(49)44(43(31)48)65-17-3-5-33-8-10-34(11-9-33)38-27-37-29-64-30-41(52(37)46(56)66-23-19-62-21-25-69-53(58)59)42(38)45(55)51(36-12-13-36)28-35-15-16-50-40(32(35)2)6-4-18-67-47(57)68-24-20-63-22-26-70-54(60)61/h7-11,14-16,36-37,41H,3-6,12-13,17-30H2,1-2H3. The summed E-state index contributed by atoms with van der Waals surface area (Å²) in [5.41, 5.74) is 6.30. The Morgan fingerprint density at radius 3 is 2.17 bits per heavy atom. The quantitative estimate of drug-likeness (QED) is 0.0322. The van der Waals surface area contributed by atoms with Gasteiger partial charge in [-0.3, -0.25) is 14.7 Å². The highest BCUT2D eigenvalue weighted by molar-refractivity contribution is 6.32. The SMILES string of the molecule is Cc1ccc(F)c(OCCCc2ccc(C3=C(C(=O)N(Cc4ccnc(CCCOC(=O)OCCOCCO[N+](=O)[O-])c4C)C4CC4)C4COCC(C3)N4C(=O)OCCOCCO[N+](=O)[O-])cc2)c1Cl. The molecule has 2 atom stereocenters. The Kier molecular flexibility index (Phi) is 20.1. The number of carbonyl (C=O) groups is 3. The summed E-state index contributed by atoms with van der Waals surface area (Å²) >= 11 is 6.29. The van der Waals surface area contributed by atoms with Gasteiger partial charge in [-0.1, -0.05) is 41.9 Å². The summed E-state index contributed by atoms with van der Waals surface area (Å²) in [6.07, 6.45) is 4.19. The highest BCUT2D eigenvalue weighted by Gasteiger charge is 2.48. The Bertz CT molecular complexity index is 2320. The maximum Gasteiger partial charge on any atom is 0.508 e. The number of aromatic nitrogens is 1. The van der Waals surface area contributed by atoms with E-state index in [0.717, 1.165) is 46.4 Å². The maximum absolute atomic E-state index is 15.3. The predicted molar refractivity (Wildman–Crippen MR) is 245 cm³/mol. The lowest BCUT2D eigenvalue weighted by Gasteiger charge is -2.47. The van der Waals surface area contributed by atoms with Crippen molar-refractivity contribution in [2.75, 3.05) is 79.3 Å². The van der Waals surface area contributed by atoms with Gasteiger partial charge >= 0.3 is 12.2 Å². The summed E-state index contributed by atoms with van der Waals surface area (Å²) in [6, 6.07) is 11.4. The lowest BCUT2D eigenvalue weighted by atomic mass is 9.82. The summed E-state index contributed by atoms with van der Waals surface area (Å²) < 4.78 is 52.4. The molecule has 3 heterocycles. The van der Waals surface area contributed by atoms with Crippen LogP contribution >= 0.6 is 11.6 Å². The molecule has 0 N–H and O–H groups in total. The van der Waals surface area contributed by atoms with E-state index in [4.69, 9.17) is 44.8 Å². The van der Waals surface area contributed by atoms with Crippen LogP contribution in [0.1, 0.15) is 65.6 Å². The van der Waals surface area contributed by atoms with Crippen molar-refractivity contribution < 1.29 is 71.8 Å². The fourth-order valence-electron chi connectivity index (χ4n) is 8.13. The van der Waals surface area contributed by atoms with Crippen molar-refractivity contribution in [3.63, 3.8) is 0 Å². The molecule has 1 aliphatic carbocycles. The number of hydrogen-bond acceptors (Lipinski definition) is 17. The lowest BCUT2D eigenvalue weighted by Crippen LogP contribution is -2.60. The number of amides is 2. The monoisotopic (exact) mass is 1000 g/mol. The first kappa shape index (κ1) is 53.0. The van der Waals surface area contributed by atoms with E-state index in [9.17, 15) is 34.2 Å². The van der Waals surface area contributed by atoms with Gasteiger partial charge in [0.25, 0.3) is 16.1 Å². The Morgan fingerprint density at radius 2 is 1.49 bits per heavy atom. The van der Waals surface area contributed by atoms with Gasteiger partial charge in [0.05, 0.1) is 70.0 Å². The molecule has 2 unspecified atom stereocenters. The van der Waals surface area contributed by atoms with Crippen LogP contribution in [0.15, 0.2) is 54.2 Å². The van der Waals surface area contributed by atoms with Gasteiger partial charge in [0.1, 0.15) is 26.4 Å². The molecule has 3 aromatic rings. The first-order chi connectivity index (χ1) is 33.8. The topological polar surface area (TPSA) is 240 Å². The van der Waals surface area contributed by atoms with Crippen LogP contribution in [0.4, 0.5) is 14.0 Å². The third-order valence-electron chi connectivity index (χ3n) is 11.8. The van der Waals surface area contributed by atoms with Crippen LogP contribution in [0, 0.1) is 39.9 Å². The molecule has 3 aliphatic rings. The van der Waals surface area contributed by atoms with Crippen LogP contribution in [0.3, 0.4) is 0 Å². The minimum Gasteiger partial charge on any atom is -0.489 e. The van der Waals surface area contributed by atoms with E-state index in [2.05, 4.69) is 14.7 Å². The van der Waals surface area contributed by atoms with Crippen LogP contribution in [0.5, 0.6) is 5.75 Å². The van der Waals surface area contributed by atoms with Crippen molar-refractivity contribution in [1.82, 2.24) is 14.8 Å². The first-order valence-corrected chi connectivity index (χ1v) is 23.4. The van der Waals surface area contributed by atoms with E-state index in [1.807, 2.05) is 42.2 Å². The Hall–Kier alpha value is -6.36. The smallest absolute Gasteiger partial charge is 0.489 e. The molecule has 0 radical (unpaired) electrons. The molecule has 2 amide bonds. The van der Waals surface area contributed by atoms with Gasteiger partial charge in [0, 0.05) is 30.1 Å². The fraction of sp³-hybridized carbons (Fsp3) is 0.532. The lowest BCUT2D eigenvalue weighted by molar-refractivity contribution is -0.758. The summed E-state index contributed by atoms with van der Waals surface area (Å²) in [5.74, 6) is -0.724. The number of morpholine rings is 1. The molecule has 380 valence electrons. The normalized spacial score (nSPS) is 16.3. The summed E-state index contributed by atoms with van der Waals surface area (Å²) in [5, 5.41) is 19.0. The average molecular weight is 1000 g/mol. The van der Waals surface area contributed by atoms with Crippen LogP contribution in [0.25, 0.3) is 5.57 Å². The van der Waals surface area contributed by atoms with Gasteiger partial charge < -0.3 is 47.7 Å². The van der Waals surface area contributed by atoms with Crippen LogP contribution < -0.4 is 4.74 Å². The molecular formula is C47H57ClFN5O16. The number of aryl methyl sites for hydroxylation is 3. The summed E-state index contributed by atoms with van der Waals surface area (Å²) in [4.78, 5) is 78.3. The van der Waals surface area contributed by atoms with E-state index >= 15 is 4.79 Å². The van der Waals surface area contributed by atoms with E-state index in [-0.39, 0.29) is 109 Å². The molecule has 2 aromatic carbocycles. The van der Waals surface area contributed by atoms with Crippen molar-refractivity contribution in [3.8, 4) is 5.75 Å². The van der Waals surface area contributed by atoms with Crippen LogP contribution in [-0.2, 0) is 62.3 Å². The van der Waals surface area contributed by atoms with E-state index in [1.54, 1.807) is 24.1 Å². The molecule has 0 spiro atoms. The summed E-state index contributed by atoms with van der Waals surface area (Å²) in [6.45, 7) is 3.67. The number of fused-ring (bicyclic) bond motifs is 2. The van der Waals surface area contributed by atoms with Crippen molar-refractivity contribution in [3.05, 3.63) is 119 Å². The molecule has 2 bridgehead atoms. The van der Waals surface area contributed by atoms with Gasteiger partial charge in [-0.05, 0) is 104 Å². The van der Waals surface area contributed by atoms with Gasteiger partial charge in [0.2, 0.25) is 0 Å². The van der Waals surface area contributed by atoms with Gasteiger partial charge in [-0.2, -0.15) is 0 Å². The predicted octanol–water partition coefficient (Wildman–Crippen LogP) is 6.59. The van der Waals surface area contributed by atoms with Gasteiger partial charge in [-0.25, -0.2) is 14.0 Å². The number of halogens is 2. The zero-order valence-corrected chi connectivity index (χ0v) is 39.8. The Labute approximate surface area is 408 Å². The van der Waals surface area contributed by atoms with Gasteiger partial charge in [0.15, 0.2) is 11.6 Å². The second kappa shape index (κ2) is 26.6. The second-order valence-electron chi connectivity index (χ2n) is 16.6. The highest BCUT2D eigenvalue weighted by atomic mass is 35.5.